The number of nitrogens with zero attached hydrogens (tertiary/aromatic N) is 1. The smallest absolute Gasteiger partial charge is 0.363 e. The van der Waals surface area contributed by atoms with E-state index in [0.29, 0.717) is 55.4 Å². The molecule has 0 fully saturated rings. The van der Waals surface area contributed by atoms with Crippen molar-refractivity contribution in [3.05, 3.63) is 96.5 Å². The number of carbonyl (C=O) groups is 1. The molecule has 0 N–H and O–H groups in total. The quantitative estimate of drug-likeness (QED) is 0.212. The standard InChI is InChI=1S/C25H17BrCl3NO4/c1-2-32-22-11-15(9-19(26)23(22)33-13-14-3-5-16(27)6-4-14)10-21-25(31)34-24(30-21)18-8-7-17(28)12-20(18)29/h3-12H,2,13H2,1H3/b21-10-. The predicted molar refractivity (Wildman–Crippen MR) is 138 cm³/mol. The van der Waals surface area contributed by atoms with Gasteiger partial charge in [0.2, 0.25) is 5.90 Å². The van der Waals surface area contributed by atoms with Crippen LogP contribution >= 0.6 is 50.7 Å². The SMILES string of the molecule is CCOc1cc(/C=C2\N=C(c3ccc(Cl)cc3Cl)OC2=O)cc(Br)c1OCc1ccc(Cl)cc1. The molecule has 0 unspecified atom stereocenters. The van der Waals surface area contributed by atoms with Gasteiger partial charge in [-0.1, -0.05) is 46.9 Å². The maximum atomic E-state index is 12.4. The number of hydrogen-bond acceptors (Lipinski definition) is 5. The molecule has 0 radical (unpaired) electrons. The maximum absolute atomic E-state index is 12.4. The highest BCUT2D eigenvalue weighted by atomic mass is 79.9. The molecule has 1 aliphatic heterocycles. The number of esters is 1. The van der Waals surface area contributed by atoms with Crippen LogP contribution in [-0.4, -0.2) is 18.5 Å². The van der Waals surface area contributed by atoms with Crippen LogP contribution in [0.3, 0.4) is 0 Å². The summed E-state index contributed by atoms with van der Waals surface area (Å²) in [6.45, 7) is 2.64. The molecule has 0 aliphatic carbocycles. The van der Waals surface area contributed by atoms with Crippen molar-refractivity contribution in [2.24, 2.45) is 4.99 Å². The summed E-state index contributed by atoms with van der Waals surface area (Å²) in [4.78, 5) is 16.8. The number of benzene rings is 3. The fourth-order valence-electron chi connectivity index (χ4n) is 3.16. The van der Waals surface area contributed by atoms with Crippen LogP contribution in [0.2, 0.25) is 15.1 Å². The molecular weight excluding hydrogens is 565 g/mol. The summed E-state index contributed by atoms with van der Waals surface area (Å²) >= 11 is 21.7. The lowest BCUT2D eigenvalue weighted by molar-refractivity contribution is -0.129. The normalized spacial score (nSPS) is 14.2. The van der Waals surface area contributed by atoms with E-state index < -0.39 is 5.97 Å². The van der Waals surface area contributed by atoms with Gasteiger partial charge in [-0.2, -0.15) is 0 Å². The molecule has 4 rings (SSSR count). The predicted octanol–water partition coefficient (Wildman–Crippen LogP) is 7.73. The fraction of sp³-hybridized carbons (Fsp3) is 0.120. The molecule has 0 atom stereocenters. The third-order valence-corrected chi connectivity index (χ3v) is 6.10. The van der Waals surface area contributed by atoms with Crippen LogP contribution in [0.1, 0.15) is 23.6 Å². The zero-order chi connectivity index (χ0) is 24.2. The van der Waals surface area contributed by atoms with Gasteiger partial charge in [-0.05, 0) is 82.5 Å². The van der Waals surface area contributed by atoms with Crippen LogP contribution in [0.15, 0.2) is 69.8 Å². The van der Waals surface area contributed by atoms with Gasteiger partial charge >= 0.3 is 5.97 Å². The van der Waals surface area contributed by atoms with Crippen molar-refractivity contribution in [3.63, 3.8) is 0 Å². The summed E-state index contributed by atoms with van der Waals surface area (Å²) < 4.78 is 17.8. The van der Waals surface area contributed by atoms with Gasteiger partial charge in [0.1, 0.15) is 6.61 Å². The van der Waals surface area contributed by atoms with Gasteiger partial charge < -0.3 is 14.2 Å². The number of aliphatic imine (C=N–C) groups is 1. The van der Waals surface area contributed by atoms with Crippen LogP contribution in [-0.2, 0) is 16.1 Å². The van der Waals surface area contributed by atoms with E-state index in [2.05, 4.69) is 20.9 Å². The third-order valence-electron chi connectivity index (χ3n) is 4.71. The Labute approximate surface area is 220 Å². The average Bonchev–Trinajstić information content (AvgIpc) is 3.14. The van der Waals surface area contributed by atoms with Gasteiger partial charge in [0, 0.05) is 10.0 Å². The summed E-state index contributed by atoms with van der Waals surface area (Å²) in [5.74, 6) is 0.599. The molecule has 1 heterocycles. The Balaban J connectivity index is 1.61. The molecular formula is C25H17BrCl3NO4. The molecule has 174 valence electrons. The first-order valence-corrected chi connectivity index (χ1v) is 12.1. The van der Waals surface area contributed by atoms with Crippen LogP contribution in [0.25, 0.3) is 6.08 Å². The molecule has 0 amide bonds. The summed E-state index contributed by atoms with van der Waals surface area (Å²) in [5.41, 5.74) is 2.24. The maximum Gasteiger partial charge on any atom is 0.363 e. The monoisotopic (exact) mass is 579 g/mol. The number of cyclic esters (lactones) is 1. The molecule has 34 heavy (non-hydrogen) atoms. The Hall–Kier alpha value is -2.51. The minimum Gasteiger partial charge on any atom is -0.490 e. The van der Waals surface area contributed by atoms with Gasteiger partial charge in [-0.25, -0.2) is 9.79 Å². The second kappa shape index (κ2) is 10.8. The molecule has 0 saturated heterocycles. The van der Waals surface area contributed by atoms with Crippen molar-refractivity contribution in [3.8, 4) is 11.5 Å². The lowest BCUT2D eigenvalue weighted by Gasteiger charge is -2.15. The summed E-state index contributed by atoms with van der Waals surface area (Å²) in [6, 6.07) is 15.8. The van der Waals surface area contributed by atoms with Gasteiger partial charge in [0.25, 0.3) is 0 Å². The Kier molecular flexibility index (Phi) is 7.84. The lowest BCUT2D eigenvalue weighted by Crippen LogP contribution is -2.06. The van der Waals surface area contributed by atoms with Crippen LogP contribution in [0.5, 0.6) is 11.5 Å². The minimum atomic E-state index is -0.585. The number of halogens is 4. The molecule has 3 aromatic carbocycles. The van der Waals surface area contributed by atoms with Crippen LogP contribution in [0.4, 0.5) is 0 Å². The summed E-state index contributed by atoms with van der Waals surface area (Å²) in [5, 5.41) is 1.47. The molecule has 1 aliphatic rings. The van der Waals surface area contributed by atoms with E-state index in [9.17, 15) is 4.79 Å². The molecule has 3 aromatic rings. The topological polar surface area (TPSA) is 57.1 Å². The second-order valence-corrected chi connectivity index (χ2v) is 9.27. The first-order valence-electron chi connectivity index (χ1n) is 10.2. The summed E-state index contributed by atoms with van der Waals surface area (Å²) in [7, 11) is 0. The van der Waals surface area contributed by atoms with Gasteiger partial charge in [-0.3, -0.25) is 0 Å². The highest BCUT2D eigenvalue weighted by Gasteiger charge is 2.26. The van der Waals surface area contributed by atoms with Crippen molar-refractivity contribution in [2.75, 3.05) is 6.61 Å². The van der Waals surface area contributed by atoms with E-state index in [1.807, 2.05) is 25.1 Å². The Morgan fingerprint density at radius 3 is 2.44 bits per heavy atom. The van der Waals surface area contributed by atoms with Crippen LogP contribution in [0, 0.1) is 0 Å². The van der Waals surface area contributed by atoms with E-state index in [1.54, 1.807) is 42.5 Å². The molecule has 9 heteroatoms. The van der Waals surface area contributed by atoms with Crippen LogP contribution < -0.4 is 9.47 Å². The number of ether oxygens (including phenoxy) is 3. The zero-order valence-corrected chi connectivity index (χ0v) is 21.6. The average molecular weight is 582 g/mol. The van der Waals surface area contributed by atoms with E-state index >= 15 is 0 Å². The first-order chi connectivity index (χ1) is 16.3. The lowest BCUT2D eigenvalue weighted by atomic mass is 10.1. The molecule has 5 nitrogen and oxygen atoms in total. The van der Waals surface area contributed by atoms with Crippen molar-refractivity contribution in [1.29, 1.82) is 0 Å². The van der Waals surface area contributed by atoms with E-state index in [0.717, 1.165) is 5.56 Å². The zero-order valence-electron chi connectivity index (χ0n) is 17.8. The highest BCUT2D eigenvalue weighted by Crippen LogP contribution is 2.38. The third kappa shape index (κ3) is 5.76. The summed E-state index contributed by atoms with van der Waals surface area (Å²) in [6.07, 6.45) is 1.61. The largest absolute Gasteiger partial charge is 0.490 e. The fourth-order valence-corrected chi connectivity index (χ4v) is 4.35. The Bertz CT molecular complexity index is 1310. The number of carbonyl (C=O) groups excluding carboxylic acids is 1. The molecule has 0 aromatic heterocycles. The Morgan fingerprint density at radius 2 is 1.74 bits per heavy atom. The first kappa shape index (κ1) is 24.6. The van der Waals surface area contributed by atoms with Crippen molar-refractivity contribution in [1.82, 2.24) is 0 Å². The highest BCUT2D eigenvalue weighted by molar-refractivity contribution is 9.10. The molecule has 0 bridgehead atoms. The number of hydrogen-bond donors (Lipinski definition) is 0. The Morgan fingerprint density at radius 1 is 1.00 bits per heavy atom. The van der Waals surface area contributed by atoms with E-state index in [1.165, 1.54) is 0 Å². The van der Waals surface area contributed by atoms with Crippen molar-refractivity contribution in [2.45, 2.75) is 13.5 Å². The second-order valence-electron chi connectivity index (χ2n) is 7.14. The number of rotatable bonds is 7. The van der Waals surface area contributed by atoms with Crippen molar-refractivity contribution >= 4 is 68.7 Å². The van der Waals surface area contributed by atoms with E-state index in [4.69, 9.17) is 49.0 Å². The minimum absolute atomic E-state index is 0.116. The van der Waals surface area contributed by atoms with Gasteiger partial charge in [-0.15, -0.1) is 0 Å². The van der Waals surface area contributed by atoms with E-state index in [-0.39, 0.29) is 11.6 Å². The van der Waals surface area contributed by atoms with Gasteiger partial charge in [0.15, 0.2) is 17.2 Å². The van der Waals surface area contributed by atoms with Crippen molar-refractivity contribution < 1.29 is 19.0 Å². The molecule has 0 spiro atoms. The molecule has 0 saturated carbocycles. The van der Waals surface area contributed by atoms with Gasteiger partial charge in [0.05, 0.1) is 21.7 Å².